The number of carbonyl (C=O) groups excluding carboxylic acids is 2. The first-order valence-corrected chi connectivity index (χ1v) is 13.3. The molecule has 1 aromatic heterocycles. The highest BCUT2D eigenvalue weighted by Gasteiger charge is 2.44. The van der Waals surface area contributed by atoms with Crippen LogP contribution in [0.25, 0.3) is 0 Å². The molecule has 3 aromatic rings. The molecule has 3 N–H and O–H groups in total. The first-order chi connectivity index (χ1) is 19.4. The van der Waals surface area contributed by atoms with Gasteiger partial charge in [-0.15, -0.1) is 0 Å². The zero-order valence-electron chi connectivity index (χ0n) is 23.2. The van der Waals surface area contributed by atoms with Gasteiger partial charge in [-0.05, 0) is 73.9 Å². The van der Waals surface area contributed by atoms with Gasteiger partial charge in [-0.2, -0.15) is 0 Å². The number of aryl methyl sites for hydroxylation is 1. The lowest BCUT2D eigenvalue weighted by molar-refractivity contribution is -0.361. The lowest BCUT2D eigenvalue weighted by Gasteiger charge is -2.37. The number of Topliss-reactive ketones (excluding diaryl/α,β-unsaturated/α-hetero) is 1. The van der Waals surface area contributed by atoms with Gasteiger partial charge in [0.1, 0.15) is 29.6 Å². The number of ether oxygens (including phenoxy) is 3. The maximum Gasteiger partial charge on any atom is 0.337 e. The second kappa shape index (κ2) is 11.7. The number of aromatic amines is 1. The Morgan fingerprint density at radius 3 is 2.48 bits per heavy atom. The second-order valence-electron chi connectivity index (χ2n) is 10.1. The molecule has 1 aliphatic heterocycles. The van der Waals surface area contributed by atoms with Crippen molar-refractivity contribution in [1.82, 2.24) is 5.32 Å². The molecule has 5 rings (SSSR count). The first-order valence-electron chi connectivity index (χ1n) is 13.3. The van der Waals surface area contributed by atoms with Gasteiger partial charge in [0.15, 0.2) is 0 Å². The third-order valence-corrected chi connectivity index (χ3v) is 7.40. The maximum atomic E-state index is 13.8. The van der Waals surface area contributed by atoms with Crippen molar-refractivity contribution in [2.75, 3.05) is 19.5 Å². The van der Waals surface area contributed by atoms with Crippen LogP contribution in [0.1, 0.15) is 42.4 Å². The molecule has 0 bridgehead atoms. The van der Waals surface area contributed by atoms with Crippen LogP contribution in [0.15, 0.2) is 83.8 Å². The number of anilines is 1. The summed E-state index contributed by atoms with van der Waals surface area (Å²) in [7, 11) is 3.23. The topological polar surface area (TPSA) is 100 Å². The number of benzene rings is 2. The summed E-state index contributed by atoms with van der Waals surface area (Å²) in [4.78, 5) is 30.2. The molecule has 8 nitrogen and oxygen atoms in total. The fraction of sp³-hybridized carbons (Fsp3) is 0.281. The molecule has 40 heavy (non-hydrogen) atoms. The Bertz CT molecular complexity index is 1480. The van der Waals surface area contributed by atoms with Crippen molar-refractivity contribution in [3.63, 3.8) is 0 Å². The molecule has 2 atom stereocenters. The Kier molecular flexibility index (Phi) is 7.86. The standard InChI is InChI=1S/C32H33N3O5/c1-19-8-15-28(33-17-19)35-32(37)29-20(2)34-25-6-5-7-26(36)31(25)30(29)21-9-14-27(39-4)22(16-21)18-40-24-12-10-23(38-3)11-13-24/h6,8-17,30-31,34H,5,7,18H2,1-4H3,(H,33,35,37)/p+1. The normalized spacial score (nSPS) is 18.3. The third-order valence-electron chi connectivity index (χ3n) is 7.40. The average molecular weight is 541 g/mol. The Balaban J connectivity index is 1.51. The summed E-state index contributed by atoms with van der Waals surface area (Å²) < 4.78 is 16.9. The zero-order valence-corrected chi connectivity index (χ0v) is 23.2. The van der Waals surface area contributed by atoms with Crippen molar-refractivity contribution in [3.05, 3.63) is 101 Å². The average Bonchev–Trinajstić information content (AvgIpc) is 2.96. The van der Waals surface area contributed by atoms with E-state index in [0.29, 0.717) is 35.7 Å². The van der Waals surface area contributed by atoms with Gasteiger partial charge in [0.25, 0.3) is 5.82 Å². The molecule has 2 aromatic carbocycles. The predicted molar refractivity (Wildman–Crippen MR) is 151 cm³/mol. The lowest BCUT2D eigenvalue weighted by atomic mass is 9.70. The Morgan fingerprint density at radius 2 is 1.77 bits per heavy atom. The quantitative estimate of drug-likeness (QED) is 0.423. The fourth-order valence-corrected chi connectivity index (χ4v) is 5.38. The maximum absolute atomic E-state index is 13.8. The van der Waals surface area contributed by atoms with E-state index in [1.54, 1.807) is 14.2 Å². The van der Waals surface area contributed by atoms with Crippen LogP contribution in [-0.2, 0) is 16.2 Å². The van der Waals surface area contributed by atoms with Crippen molar-refractivity contribution in [1.29, 1.82) is 0 Å². The van der Waals surface area contributed by atoms with E-state index < -0.39 is 11.8 Å². The third kappa shape index (κ3) is 5.57. The van der Waals surface area contributed by atoms with E-state index >= 15 is 0 Å². The molecule has 2 aliphatic rings. The lowest BCUT2D eigenvalue weighted by Crippen LogP contribution is -2.41. The summed E-state index contributed by atoms with van der Waals surface area (Å²) in [6.07, 6.45) is 5.02. The molecular formula is C32H34N3O5+. The minimum absolute atomic E-state index is 0.113. The molecule has 8 heteroatoms. The van der Waals surface area contributed by atoms with Crippen LogP contribution in [0, 0.1) is 12.8 Å². The van der Waals surface area contributed by atoms with Gasteiger partial charge < -0.3 is 19.5 Å². The highest BCUT2D eigenvalue weighted by molar-refractivity contribution is 6.06. The number of allylic oxidation sites excluding steroid dienone is 3. The number of rotatable bonds is 8. The van der Waals surface area contributed by atoms with Crippen molar-refractivity contribution in [3.8, 4) is 17.2 Å². The molecule has 2 unspecified atom stereocenters. The van der Waals surface area contributed by atoms with Gasteiger partial charge in [0.05, 0.1) is 31.9 Å². The monoisotopic (exact) mass is 540 g/mol. The number of pyridine rings is 1. The summed E-state index contributed by atoms with van der Waals surface area (Å²) in [5.74, 6) is 1.57. The molecule has 0 spiro atoms. The summed E-state index contributed by atoms with van der Waals surface area (Å²) in [5, 5.41) is 6.35. The van der Waals surface area contributed by atoms with Crippen LogP contribution in [0.5, 0.6) is 17.2 Å². The summed E-state index contributed by atoms with van der Waals surface area (Å²) in [6.45, 7) is 4.10. The van der Waals surface area contributed by atoms with Crippen LogP contribution < -0.4 is 29.8 Å². The van der Waals surface area contributed by atoms with Crippen molar-refractivity contribution >= 4 is 17.5 Å². The largest absolute Gasteiger partial charge is 0.497 e. The number of nitrogens with one attached hydrogen (secondary N) is 3. The highest BCUT2D eigenvalue weighted by atomic mass is 16.5. The zero-order chi connectivity index (χ0) is 28.2. The molecule has 0 fully saturated rings. The van der Waals surface area contributed by atoms with E-state index in [9.17, 15) is 9.59 Å². The minimum atomic E-state index is -0.482. The number of amides is 1. The number of hydrogen-bond acceptors (Lipinski definition) is 6. The Hall–Kier alpha value is -4.59. The van der Waals surface area contributed by atoms with E-state index in [1.165, 1.54) is 0 Å². The molecule has 1 amide bonds. The molecule has 206 valence electrons. The smallest absolute Gasteiger partial charge is 0.337 e. The molecule has 1 aliphatic carbocycles. The number of methoxy groups -OCH3 is 2. The fourth-order valence-electron chi connectivity index (χ4n) is 5.38. The van der Waals surface area contributed by atoms with Crippen LogP contribution in [0.3, 0.4) is 0 Å². The minimum Gasteiger partial charge on any atom is -0.497 e. The van der Waals surface area contributed by atoms with E-state index in [0.717, 1.165) is 33.8 Å². The van der Waals surface area contributed by atoms with Crippen molar-refractivity contribution < 1.29 is 28.8 Å². The summed E-state index contributed by atoms with van der Waals surface area (Å²) >= 11 is 0. The van der Waals surface area contributed by atoms with Gasteiger partial charge in [-0.3, -0.25) is 4.79 Å². The van der Waals surface area contributed by atoms with E-state index in [-0.39, 0.29) is 18.3 Å². The Morgan fingerprint density at radius 1 is 1.00 bits per heavy atom. The number of carbonyl (C=O) groups is 2. The molecular weight excluding hydrogens is 506 g/mol. The molecule has 0 saturated carbocycles. The van der Waals surface area contributed by atoms with Crippen molar-refractivity contribution in [2.45, 2.75) is 39.2 Å². The molecule has 0 saturated heterocycles. The van der Waals surface area contributed by atoms with Crippen LogP contribution >= 0.6 is 0 Å². The number of hydrogen-bond donors (Lipinski definition) is 2. The summed E-state index contributed by atoms with van der Waals surface area (Å²) in [5.41, 5.74) is 4.81. The van der Waals surface area contributed by atoms with Crippen LogP contribution in [-0.4, -0.2) is 25.9 Å². The van der Waals surface area contributed by atoms with E-state index in [1.807, 2.05) is 74.6 Å². The predicted octanol–water partition coefficient (Wildman–Crippen LogP) is 4.87. The van der Waals surface area contributed by atoms with Gasteiger partial charge in [0.2, 0.25) is 0 Å². The summed E-state index contributed by atoms with van der Waals surface area (Å²) in [6, 6.07) is 16.9. The SMILES string of the molecule is COc1ccc(OCc2cc(C3C(C(=O)Nc4ccc(C)c[nH+]4)=C(C)NC4=CCCC(=O)C43)ccc2OC)cc1. The van der Waals surface area contributed by atoms with E-state index in [4.69, 9.17) is 14.2 Å². The highest BCUT2D eigenvalue weighted by Crippen LogP contribution is 2.44. The Labute approximate surface area is 234 Å². The van der Waals surface area contributed by atoms with E-state index in [2.05, 4.69) is 21.7 Å². The number of H-pyrrole nitrogens is 1. The molecule has 0 radical (unpaired) electrons. The number of fused-ring (bicyclic) bond motifs is 1. The van der Waals surface area contributed by atoms with Gasteiger partial charge >= 0.3 is 5.91 Å². The van der Waals surface area contributed by atoms with Gasteiger partial charge in [0, 0.05) is 35.4 Å². The number of aromatic nitrogens is 1. The van der Waals surface area contributed by atoms with Gasteiger partial charge in [-0.25, -0.2) is 15.1 Å². The molecule has 2 heterocycles. The number of ketones is 1. The first kappa shape index (κ1) is 27.0. The van der Waals surface area contributed by atoms with Gasteiger partial charge in [-0.1, -0.05) is 12.1 Å². The van der Waals surface area contributed by atoms with Crippen molar-refractivity contribution in [2.24, 2.45) is 5.92 Å². The second-order valence-corrected chi connectivity index (χ2v) is 10.1. The van der Waals surface area contributed by atoms with Crippen LogP contribution in [0.2, 0.25) is 0 Å². The van der Waals surface area contributed by atoms with Crippen LogP contribution in [0.4, 0.5) is 5.82 Å².